The summed E-state index contributed by atoms with van der Waals surface area (Å²) >= 11 is 0. The van der Waals surface area contributed by atoms with Crippen molar-refractivity contribution >= 4 is 28.8 Å². The van der Waals surface area contributed by atoms with Gasteiger partial charge in [-0.05, 0) is 44.1 Å². The molecule has 8 nitrogen and oxygen atoms in total. The molecule has 0 atom stereocenters. The first kappa shape index (κ1) is 18.7. The number of nitrogens with zero attached hydrogens (tertiary/aromatic N) is 2. The van der Waals surface area contributed by atoms with E-state index in [0.717, 1.165) is 42.6 Å². The van der Waals surface area contributed by atoms with Crippen LogP contribution in [0.4, 0.5) is 5.69 Å². The molecule has 0 fully saturated rings. The van der Waals surface area contributed by atoms with Gasteiger partial charge >= 0.3 is 0 Å². The zero-order valence-electron chi connectivity index (χ0n) is 15.7. The number of benzene rings is 2. The van der Waals surface area contributed by atoms with Crippen molar-refractivity contribution in [1.82, 2.24) is 5.43 Å². The number of carbonyl (C=O) groups is 1. The zero-order chi connectivity index (χ0) is 20.5. The number of hydrogen-bond donors (Lipinski definition) is 1. The van der Waals surface area contributed by atoms with Crippen LogP contribution in [0.5, 0.6) is 5.75 Å². The van der Waals surface area contributed by atoms with Gasteiger partial charge in [0, 0.05) is 28.5 Å². The standard InChI is InChI=1S/C21H19N3O5/c1-12-6-8-13(9-7-12)21(26)23-22-11-15-19-14-4-2-3-5-17(14)29-18(19)10-16(20(15)25)24(27)28/h6-11,25H,2-5H2,1H3,(H,23,26)/p-1/b22-11-. The summed E-state index contributed by atoms with van der Waals surface area (Å²) in [5, 5.41) is 28.4. The van der Waals surface area contributed by atoms with Crippen molar-refractivity contribution in [2.24, 2.45) is 5.10 Å². The molecule has 0 saturated heterocycles. The Morgan fingerprint density at radius 3 is 2.69 bits per heavy atom. The topological polar surface area (TPSA) is 121 Å². The van der Waals surface area contributed by atoms with Crippen molar-refractivity contribution in [3.8, 4) is 5.75 Å². The smallest absolute Gasteiger partial charge is 0.271 e. The number of aryl methyl sites for hydroxylation is 3. The molecular weight excluding hydrogens is 374 g/mol. The molecule has 4 rings (SSSR count). The van der Waals surface area contributed by atoms with E-state index in [1.165, 1.54) is 12.3 Å². The number of nitro benzene ring substituents is 1. The summed E-state index contributed by atoms with van der Waals surface area (Å²) in [7, 11) is 0. The van der Waals surface area contributed by atoms with E-state index < -0.39 is 22.3 Å². The number of hydrazone groups is 1. The largest absolute Gasteiger partial charge is 0.867 e. The summed E-state index contributed by atoms with van der Waals surface area (Å²) in [5.41, 5.74) is 4.49. The lowest BCUT2D eigenvalue weighted by Gasteiger charge is -2.14. The van der Waals surface area contributed by atoms with Gasteiger partial charge in [-0.15, -0.1) is 0 Å². The molecule has 0 aliphatic heterocycles. The Balaban J connectivity index is 1.73. The van der Waals surface area contributed by atoms with Gasteiger partial charge in [0.25, 0.3) is 11.6 Å². The molecule has 0 bridgehead atoms. The minimum absolute atomic E-state index is 0.0605. The molecule has 1 heterocycles. The lowest BCUT2D eigenvalue weighted by Crippen LogP contribution is -2.17. The third-order valence-corrected chi connectivity index (χ3v) is 5.08. The fraction of sp³-hybridized carbons (Fsp3) is 0.238. The second kappa shape index (κ2) is 7.38. The molecule has 0 saturated carbocycles. The summed E-state index contributed by atoms with van der Waals surface area (Å²) in [6, 6.07) is 8.11. The average Bonchev–Trinajstić information content (AvgIpc) is 3.08. The maximum atomic E-state index is 12.7. The summed E-state index contributed by atoms with van der Waals surface area (Å²) in [4.78, 5) is 22.8. The highest BCUT2D eigenvalue weighted by Gasteiger charge is 2.24. The highest BCUT2D eigenvalue weighted by atomic mass is 16.6. The van der Waals surface area contributed by atoms with E-state index in [9.17, 15) is 20.0 Å². The maximum absolute atomic E-state index is 12.7. The Labute approximate surface area is 166 Å². The quantitative estimate of drug-likeness (QED) is 0.414. The molecule has 1 aliphatic carbocycles. The van der Waals surface area contributed by atoms with Crippen LogP contribution in [-0.4, -0.2) is 17.0 Å². The Morgan fingerprint density at radius 2 is 1.97 bits per heavy atom. The molecule has 1 N–H and O–H groups in total. The van der Waals surface area contributed by atoms with E-state index in [0.29, 0.717) is 16.5 Å². The molecule has 8 heteroatoms. The van der Waals surface area contributed by atoms with Crippen LogP contribution in [-0.2, 0) is 12.8 Å². The summed E-state index contributed by atoms with van der Waals surface area (Å²) in [6.07, 6.45) is 4.56. The second-order valence-electron chi connectivity index (χ2n) is 7.04. The summed E-state index contributed by atoms with van der Waals surface area (Å²) in [6.45, 7) is 1.91. The van der Waals surface area contributed by atoms with Crippen LogP contribution in [0, 0.1) is 17.0 Å². The van der Waals surface area contributed by atoms with Gasteiger partial charge in [-0.1, -0.05) is 17.7 Å². The van der Waals surface area contributed by atoms with Gasteiger partial charge in [-0.2, -0.15) is 5.10 Å². The lowest BCUT2D eigenvalue weighted by molar-refractivity contribution is -0.398. The number of fused-ring (bicyclic) bond motifs is 3. The molecule has 1 amide bonds. The monoisotopic (exact) mass is 392 g/mol. The van der Waals surface area contributed by atoms with E-state index >= 15 is 0 Å². The molecule has 1 aliphatic rings. The molecule has 2 aromatic carbocycles. The summed E-state index contributed by atoms with van der Waals surface area (Å²) < 4.78 is 5.79. The number of amides is 1. The number of hydrogen-bond acceptors (Lipinski definition) is 6. The van der Waals surface area contributed by atoms with Gasteiger partial charge in [-0.3, -0.25) is 14.9 Å². The second-order valence-corrected chi connectivity index (χ2v) is 7.04. The Hall–Kier alpha value is -3.68. The number of furan rings is 1. The molecule has 3 aromatic rings. The van der Waals surface area contributed by atoms with E-state index in [1.54, 1.807) is 24.3 Å². The van der Waals surface area contributed by atoms with E-state index in [-0.39, 0.29) is 5.56 Å². The van der Waals surface area contributed by atoms with Crippen LogP contribution in [0.2, 0.25) is 0 Å². The molecule has 148 valence electrons. The molecular formula is C21H18N3O5-. The molecule has 0 unspecified atom stereocenters. The van der Waals surface area contributed by atoms with Crippen LogP contribution in [0.3, 0.4) is 0 Å². The molecule has 0 spiro atoms. The molecule has 0 radical (unpaired) electrons. The SMILES string of the molecule is Cc1ccc(C(=O)N/N=C\c2c([O-])c([N+](=O)[O-])cc3oc4c(c23)CCCC4)cc1. The minimum atomic E-state index is -0.745. The zero-order valence-corrected chi connectivity index (χ0v) is 15.7. The first-order valence-corrected chi connectivity index (χ1v) is 9.28. The minimum Gasteiger partial charge on any atom is -0.867 e. The average molecular weight is 392 g/mol. The van der Waals surface area contributed by atoms with Gasteiger partial charge in [0.1, 0.15) is 11.3 Å². The van der Waals surface area contributed by atoms with E-state index in [1.807, 2.05) is 6.92 Å². The van der Waals surface area contributed by atoms with Crippen molar-refractivity contribution in [2.75, 3.05) is 0 Å². The normalized spacial score (nSPS) is 13.6. The predicted molar refractivity (Wildman–Crippen MR) is 105 cm³/mol. The fourth-order valence-electron chi connectivity index (χ4n) is 3.61. The van der Waals surface area contributed by atoms with Crippen LogP contribution in [0.15, 0.2) is 39.9 Å². The maximum Gasteiger partial charge on any atom is 0.271 e. The highest BCUT2D eigenvalue weighted by molar-refractivity contribution is 6.05. The van der Waals surface area contributed by atoms with Gasteiger partial charge in [0.2, 0.25) is 0 Å². The van der Waals surface area contributed by atoms with Crippen molar-refractivity contribution in [3.63, 3.8) is 0 Å². The number of nitrogens with one attached hydrogen (secondary N) is 1. The summed E-state index contributed by atoms with van der Waals surface area (Å²) in [5.74, 6) is -0.431. The van der Waals surface area contributed by atoms with Gasteiger partial charge in [-0.25, -0.2) is 5.43 Å². The fourth-order valence-corrected chi connectivity index (χ4v) is 3.61. The van der Waals surface area contributed by atoms with Crippen LogP contribution >= 0.6 is 0 Å². The van der Waals surface area contributed by atoms with Crippen LogP contribution in [0.1, 0.15) is 45.7 Å². The first-order chi connectivity index (χ1) is 14.0. The van der Waals surface area contributed by atoms with Gasteiger partial charge < -0.3 is 9.52 Å². The predicted octanol–water partition coefficient (Wildman–Crippen LogP) is 3.37. The number of nitro groups is 1. The Kier molecular flexibility index (Phi) is 4.75. The third-order valence-electron chi connectivity index (χ3n) is 5.08. The Morgan fingerprint density at radius 1 is 1.24 bits per heavy atom. The van der Waals surface area contributed by atoms with Crippen molar-refractivity contribution < 1.29 is 19.2 Å². The van der Waals surface area contributed by atoms with Gasteiger partial charge in [0.05, 0.1) is 17.2 Å². The third kappa shape index (κ3) is 3.44. The van der Waals surface area contributed by atoms with Crippen molar-refractivity contribution in [2.45, 2.75) is 32.6 Å². The number of carbonyl (C=O) groups excluding carboxylic acids is 1. The number of rotatable bonds is 4. The molecule has 29 heavy (non-hydrogen) atoms. The first-order valence-electron chi connectivity index (χ1n) is 9.28. The van der Waals surface area contributed by atoms with Crippen LogP contribution < -0.4 is 10.5 Å². The molecule has 1 aromatic heterocycles. The van der Waals surface area contributed by atoms with Crippen molar-refractivity contribution in [1.29, 1.82) is 0 Å². The lowest BCUT2D eigenvalue weighted by atomic mass is 9.93. The van der Waals surface area contributed by atoms with E-state index in [2.05, 4.69) is 10.5 Å². The Bertz CT molecular complexity index is 1150. The van der Waals surface area contributed by atoms with Gasteiger partial charge in [0.15, 0.2) is 0 Å². The van der Waals surface area contributed by atoms with Crippen molar-refractivity contribution in [3.05, 3.63) is 68.5 Å². The highest BCUT2D eigenvalue weighted by Crippen LogP contribution is 2.40. The van der Waals surface area contributed by atoms with E-state index in [4.69, 9.17) is 4.42 Å². The van der Waals surface area contributed by atoms with Crippen LogP contribution in [0.25, 0.3) is 11.0 Å².